The van der Waals surface area contributed by atoms with Gasteiger partial charge in [-0.15, -0.1) is 0 Å². The van der Waals surface area contributed by atoms with E-state index in [1.54, 1.807) is 23.1 Å². The van der Waals surface area contributed by atoms with Crippen molar-refractivity contribution < 1.29 is 19.0 Å². The molecular formula is C16H21NO4. The third-order valence-electron chi connectivity index (χ3n) is 4.03. The van der Waals surface area contributed by atoms with Crippen LogP contribution in [0.1, 0.15) is 36.0 Å². The van der Waals surface area contributed by atoms with E-state index in [9.17, 15) is 4.79 Å². The summed E-state index contributed by atoms with van der Waals surface area (Å²) in [6.45, 7) is 1.78. The molecule has 0 unspecified atom stereocenters. The van der Waals surface area contributed by atoms with Gasteiger partial charge in [0, 0.05) is 25.8 Å². The lowest BCUT2D eigenvalue weighted by molar-refractivity contribution is 0.00709. The van der Waals surface area contributed by atoms with Crippen LogP contribution >= 0.6 is 0 Å². The molecule has 2 aliphatic rings. The van der Waals surface area contributed by atoms with Crippen LogP contribution in [0.4, 0.5) is 0 Å². The van der Waals surface area contributed by atoms with Crippen LogP contribution in [0.25, 0.3) is 0 Å². The molecule has 3 rings (SSSR count). The zero-order valence-corrected chi connectivity index (χ0v) is 12.3. The van der Waals surface area contributed by atoms with Gasteiger partial charge in [-0.1, -0.05) is 0 Å². The van der Waals surface area contributed by atoms with Crippen molar-refractivity contribution in [1.29, 1.82) is 0 Å². The third-order valence-corrected chi connectivity index (χ3v) is 4.03. The van der Waals surface area contributed by atoms with Gasteiger partial charge in [0.1, 0.15) is 0 Å². The molecule has 1 fully saturated rings. The Morgan fingerprint density at radius 1 is 1.29 bits per heavy atom. The molecule has 1 aromatic carbocycles. The van der Waals surface area contributed by atoms with E-state index < -0.39 is 0 Å². The lowest BCUT2D eigenvalue weighted by atomic mass is 10.1. The molecule has 5 heteroatoms. The predicted octanol–water partition coefficient (Wildman–Crippen LogP) is 2.45. The number of ether oxygens (including phenoxy) is 3. The molecule has 0 spiro atoms. The summed E-state index contributed by atoms with van der Waals surface area (Å²) >= 11 is 0. The van der Waals surface area contributed by atoms with E-state index in [-0.39, 0.29) is 12.7 Å². The van der Waals surface area contributed by atoms with E-state index >= 15 is 0 Å². The average Bonchev–Trinajstić information content (AvgIpc) is 3.00. The van der Waals surface area contributed by atoms with E-state index in [4.69, 9.17) is 14.2 Å². The lowest BCUT2D eigenvalue weighted by Gasteiger charge is -2.25. The van der Waals surface area contributed by atoms with E-state index in [1.807, 2.05) is 7.05 Å². The highest BCUT2D eigenvalue weighted by atomic mass is 16.7. The number of amides is 1. The van der Waals surface area contributed by atoms with Gasteiger partial charge in [0.05, 0.1) is 6.10 Å². The molecule has 0 saturated carbocycles. The van der Waals surface area contributed by atoms with Crippen molar-refractivity contribution >= 4 is 5.91 Å². The summed E-state index contributed by atoms with van der Waals surface area (Å²) in [5, 5.41) is 0. The molecule has 1 amide bonds. The van der Waals surface area contributed by atoms with Gasteiger partial charge in [-0.05, 0) is 43.9 Å². The van der Waals surface area contributed by atoms with Crippen molar-refractivity contribution in [1.82, 2.24) is 4.90 Å². The lowest BCUT2D eigenvalue weighted by Crippen LogP contribution is -2.31. The van der Waals surface area contributed by atoms with Gasteiger partial charge in [-0.3, -0.25) is 4.79 Å². The topological polar surface area (TPSA) is 48.0 Å². The first-order valence-corrected chi connectivity index (χ1v) is 7.51. The Hall–Kier alpha value is -1.75. The molecule has 0 radical (unpaired) electrons. The van der Waals surface area contributed by atoms with Crippen LogP contribution < -0.4 is 9.47 Å². The summed E-state index contributed by atoms with van der Waals surface area (Å²) in [6, 6.07) is 5.31. The minimum absolute atomic E-state index is 0.00381. The molecule has 0 aliphatic carbocycles. The van der Waals surface area contributed by atoms with Crippen LogP contribution in [-0.4, -0.2) is 43.9 Å². The molecule has 0 aromatic heterocycles. The highest BCUT2D eigenvalue weighted by Gasteiger charge is 2.20. The first-order chi connectivity index (χ1) is 10.2. The zero-order valence-electron chi connectivity index (χ0n) is 12.3. The maximum Gasteiger partial charge on any atom is 0.253 e. The van der Waals surface area contributed by atoms with E-state index in [0.29, 0.717) is 29.7 Å². The third kappa shape index (κ3) is 3.29. The summed E-state index contributed by atoms with van der Waals surface area (Å²) < 4.78 is 16.3. The smallest absolute Gasteiger partial charge is 0.253 e. The van der Waals surface area contributed by atoms with E-state index in [0.717, 1.165) is 25.9 Å². The highest BCUT2D eigenvalue weighted by Crippen LogP contribution is 2.32. The van der Waals surface area contributed by atoms with Crippen molar-refractivity contribution in [3.63, 3.8) is 0 Å². The minimum Gasteiger partial charge on any atom is -0.454 e. The first-order valence-electron chi connectivity index (χ1n) is 7.51. The number of carbonyl (C=O) groups is 1. The molecule has 2 aliphatic heterocycles. The maximum absolute atomic E-state index is 12.4. The number of carbonyl (C=O) groups excluding carboxylic acids is 1. The molecule has 2 heterocycles. The van der Waals surface area contributed by atoms with Crippen LogP contribution in [0.15, 0.2) is 18.2 Å². The first kappa shape index (κ1) is 14.2. The molecule has 5 nitrogen and oxygen atoms in total. The maximum atomic E-state index is 12.4. The van der Waals surface area contributed by atoms with Crippen molar-refractivity contribution in [3.05, 3.63) is 23.8 Å². The van der Waals surface area contributed by atoms with Crippen LogP contribution in [0, 0.1) is 0 Å². The molecule has 114 valence electrons. The second-order valence-corrected chi connectivity index (χ2v) is 5.57. The number of benzene rings is 1. The van der Waals surface area contributed by atoms with Gasteiger partial charge in [0.2, 0.25) is 6.79 Å². The van der Waals surface area contributed by atoms with Crippen molar-refractivity contribution in [3.8, 4) is 11.5 Å². The van der Waals surface area contributed by atoms with Crippen molar-refractivity contribution in [2.24, 2.45) is 0 Å². The number of hydrogen-bond acceptors (Lipinski definition) is 4. The standard InChI is InChI=1S/C16H21NO4/c1-17(8-7-13-4-2-3-9-19-13)16(18)12-5-6-14-15(10-12)21-11-20-14/h5-6,10,13H,2-4,7-9,11H2,1H3/t13-/m0/s1. The number of fused-ring (bicyclic) bond motifs is 1. The molecule has 0 N–H and O–H groups in total. The molecule has 0 bridgehead atoms. The van der Waals surface area contributed by atoms with E-state index in [1.165, 1.54) is 6.42 Å². The Balaban J connectivity index is 1.56. The fourth-order valence-corrected chi connectivity index (χ4v) is 2.72. The van der Waals surface area contributed by atoms with Gasteiger partial charge < -0.3 is 19.1 Å². The fraction of sp³-hybridized carbons (Fsp3) is 0.562. The van der Waals surface area contributed by atoms with E-state index in [2.05, 4.69) is 0 Å². The van der Waals surface area contributed by atoms with Gasteiger partial charge in [0.15, 0.2) is 11.5 Å². The molecule has 1 atom stereocenters. The fourth-order valence-electron chi connectivity index (χ4n) is 2.72. The monoisotopic (exact) mass is 291 g/mol. The number of nitrogens with zero attached hydrogens (tertiary/aromatic N) is 1. The molecule has 1 aromatic rings. The number of rotatable bonds is 4. The SMILES string of the molecule is CN(CC[C@@H]1CCCCO1)C(=O)c1ccc2c(c1)OCO2. The van der Waals surface area contributed by atoms with Crippen molar-refractivity contribution in [2.75, 3.05) is 27.0 Å². The minimum atomic E-state index is 0.00381. The second-order valence-electron chi connectivity index (χ2n) is 5.57. The van der Waals surface area contributed by atoms with Crippen molar-refractivity contribution in [2.45, 2.75) is 31.8 Å². The van der Waals surface area contributed by atoms with Crippen LogP contribution in [-0.2, 0) is 4.74 Å². The predicted molar refractivity (Wildman–Crippen MR) is 77.7 cm³/mol. The van der Waals surface area contributed by atoms with Gasteiger partial charge in [-0.25, -0.2) is 0 Å². The van der Waals surface area contributed by atoms with Gasteiger partial charge >= 0.3 is 0 Å². The Labute approximate surface area is 124 Å². The molecule has 1 saturated heterocycles. The average molecular weight is 291 g/mol. The summed E-state index contributed by atoms with van der Waals surface area (Å²) in [7, 11) is 1.83. The van der Waals surface area contributed by atoms with Crippen LogP contribution in [0.3, 0.4) is 0 Å². The largest absolute Gasteiger partial charge is 0.454 e. The second kappa shape index (κ2) is 6.35. The van der Waals surface area contributed by atoms with Crippen LogP contribution in [0.2, 0.25) is 0 Å². The Bertz CT molecular complexity index is 511. The Morgan fingerprint density at radius 3 is 2.95 bits per heavy atom. The Morgan fingerprint density at radius 2 is 2.14 bits per heavy atom. The van der Waals surface area contributed by atoms with Gasteiger partial charge in [-0.2, -0.15) is 0 Å². The molecule has 21 heavy (non-hydrogen) atoms. The summed E-state index contributed by atoms with van der Waals surface area (Å²) in [6.07, 6.45) is 4.68. The zero-order chi connectivity index (χ0) is 14.7. The normalized spacial score (nSPS) is 20.3. The Kier molecular flexibility index (Phi) is 4.29. The summed E-state index contributed by atoms with van der Waals surface area (Å²) in [5.74, 6) is 1.35. The summed E-state index contributed by atoms with van der Waals surface area (Å²) in [4.78, 5) is 14.2. The quantitative estimate of drug-likeness (QED) is 0.855. The van der Waals surface area contributed by atoms with Crippen LogP contribution in [0.5, 0.6) is 11.5 Å². The van der Waals surface area contributed by atoms with Gasteiger partial charge in [0.25, 0.3) is 5.91 Å². The molecular weight excluding hydrogens is 270 g/mol. The highest BCUT2D eigenvalue weighted by molar-refractivity contribution is 5.94. The number of hydrogen-bond donors (Lipinski definition) is 0. The summed E-state index contributed by atoms with van der Waals surface area (Å²) in [5.41, 5.74) is 0.631.